The number of aryl methyl sites for hydroxylation is 2. The van der Waals surface area contributed by atoms with E-state index in [0.717, 1.165) is 21.3 Å². The molecule has 1 heterocycles. The zero-order chi connectivity index (χ0) is 19.5. The average molecular weight is 395 g/mol. The van der Waals surface area contributed by atoms with Crippen LogP contribution in [0.25, 0.3) is 0 Å². The fourth-order valence-electron chi connectivity index (χ4n) is 2.05. The maximum atomic E-state index is 12.1. The zero-order valence-corrected chi connectivity index (χ0v) is 17.0. The molecule has 0 saturated carbocycles. The second-order valence-electron chi connectivity index (χ2n) is 5.95. The third-order valence-electron chi connectivity index (χ3n) is 3.86. The molecule has 0 radical (unpaired) electrons. The fraction of sp³-hybridized carbons (Fsp3) is 0.353. The molecule has 7 nitrogen and oxygen atoms in total. The van der Waals surface area contributed by atoms with Crippen LogP contribution >= 0.6 is 11.8 Å². The van der Waals surface area contributed by atoms with Crippen LogP contribution in [0.5, 0.6) is 0 Å². The number of nitrogens with one attached hydrogen (secondary N) is 1. The first-order valence-corrected chi connectivity index (χ1v) is 10.3. The summed E-state index contributed by atoms with van der Waals surface area (Å²) in [5, 5.41) is 3.30. The molecule has 1 aromatic carbocycles. The summed E-state index contributed by atoms with van der Waals surface area (Å²) in [6.45, 7) is 5.79. The number of benzene rings is 1. The SMILES string of the molecule is Cc1nc(SCC(=O)Nc2ccc(S(=O)(=O)N(C)C)cc2)nc(C)c1C. The van der Waals surface area contributed by atoms with E-state index in [4.69, 9.17) is 0 Å². The van der Waals surface area contributed by atoms with Crippen LogP contribution in [0.15, 0.2) is 34.3 Å². The van der Waals surface area contributed by atoms with Gasteiger partial charge in [0, 0.05) is 31.2 Å². The number of sulfonamides is 1. The molecular weight excluding hydrogens is 372 g/mol. The Kier molecular flexibility index (Phi) is 6.38. The van der Waals surface area contributed by atoms with E-state index in [1.807, 2.05) is 20.8 Å². The molecule has 0 atom stereocenters. The van der Waals surface area contributed by atoms with Crippen LogP contribution in [0.2, 0.25) is 0 Å². The number of aromatic nitrogens is 2. The molecule has 1 aromatic heterocycles. The van der Waals surface area contributed by atoms with E-state index in [2.05, 4.69) is 15.3 Å². The van der Waals surface area contributed by atoms with Gasteiger partial charge in [0.25, 0.3) is 0 Å². The number of rotatable bonds is 6. The van der Waals surface area contributed by atoms with Gasteiger partial charge < -0.3 is 5.32 Å². The van der Waals surface area contributed by atoms with Gasteiger partial charge in [-0.3, -0.25) is 4.79 Å². The second kappa shape index (κ2) is 8.15. The van der Waals surface area contributed by atoms with E-state index in [9.17, 15) is 13.2 Å². The van der Waals surface area contributed by atoms with Gasteiger partial charge in [-0.1, -0.05) is 11.8 Å². The van der Waals surface area contributed by atoms with Gasteiger partial charge in [0.1, 0.15) is 0 Å². The molecule has 0 unspecified atom stereocenters. The fourth-order valence-corrected chi connectivity index (χ4v) is 3.69. The summed E-state index contributed by atoms with van der Waals surface area (Å²) in [6, 6.07) is 6.06. The van der Waals surface area contributed by atoms with Crippen LogP contribution in [0.4, 0.5) is 5.69 Å². The Morgan fingerprint density at radius 1 is 1.08 bits per heavy atom. The van der Waals surface area contributed by atoms with Gasteiger partial charge in [0.2, 0.25) is 15.9 Å². The van der Waals surface area contributed by atoms with E-state index in [1.54, 1.807) is 12.1 Å². The van der Waals surface area contributed by atoms with E-state index in [0.29, 0.717) is 10.8 Å². The third-order valence-corrected chi connectivity index (χ3v) is 6.54. The number of hydrogen-bond donors (Lipinski definition) is 1. The Balaban J connectivity index is 1.98. The van der Waals surface area contributed by atoms with Gasteiger partial charge in [-0.25, -0.2) is 22.7 Å². The van der Waals surface area contributed by atoms with Crippen LogP contribution in [0, 0.1) is 20.8 Å². The standard InChI is InChI=1S/C17H22N4O3S2/c1-11-12(2)18-17(19-13(11)3)25-10-16(22)20-14-6-8-15(9-7-14)26(23,24)21(4)5/h6-9H,10H2,1-5H3,(H,20,22). The summed E-state index contributed by atoms with van der Waals surface area (Å²) in [4.78, 5) is 21.0. The lowest BCUT2D eigenvalue weighted by Gasteiger charge is -2.12. The van der Waals surface area contributed by atoms with E-state index >= 15 is 0 Å². The monoisotopic (exact) mass is 394 g/mol. The van der Waals surface area contributed by atoms with Crippen molar-refractivity contribution in [3.63, 3.8) is 0 Å². The van der Waals surface area contributed by atoms with Crippen molar-refractivity contribution in [2.45, 2.75) is 30.8 Å². The first-order valence-electron chi connectivity index (χ1n) is 7.88. The van der Waals surface area contributed by atoms with Crippen LogP contribution in [-0.2, 0) is 14.8 Å². The van der Waals surface area contributed by atoms with Gasteiger partial charge in [-0.05, 0) is 50.6 Å². The second-order valence-corrected chi connectivity index (χ2v) is 9.04. The molecule has 2 rings (SSSR count). The number of carbonyl (C=O) groups excluding carboxylic acids is 1. The highest BCUT2D eigenvalue weighted by Crippen LogP contribution is 2.19. The van der Waals surface area contributed by atoms with Gasteiger partial charge in [0.05, 0.1) is 10.6 Å². The van der Waals surface area contributed by atoms with Gasteiger partial charge in [-0.15, -0.1) is 0 Å². The minimum absolute atomic E-state index is 0.166. The van der Waals surface area contributed by atoms with Crippen LogP contribution < -0.4 is 5.32 Å². The highest BCUT2D eigenvalue weighted by atomic mass is 32.2. The van der Waals surface area contributed by atoms with Gasteiger partial charge >= 0.3 is 0 Å². The highest BCUT2D eigenvalue weighted by molar-refractivity contribution is 7.99. The van der Waals surface area contributed by atoms with Crippen molar-refractivity contribution in [3.05, 3.63) is 41.2 Å². The summed E-state index contributed by atoms with van der Waals surface area (Å²) in [5.41, 5.74) is 3.38. The molecule has 0 aliphatic rings. The average Bonchev–Trinajstić information content (AvgIpc) is 2.58. The molecule has 140 valence electrons. The Labute approximate surface area is 158 Å². The maximum Gasteiger partial charge on any atom is 0.242 e. The van der Waals surface area contributed by atoms with Crippen molar-refractivity contribution >= 4 is 33.4 Å². The summed E-state index contributed by atoms with van der Waals surface area (Å²) in [6.07, 6.45) is 0. The molecule has 2 aromatic rings. The number of amides is 1. The Hall–Kier alpha value is -1.97. The predicted molar refractivity (Wildman–Crippen MR) is 103 cm³/mol. The lowest BCUT2D eigenvalue weighted by molar-refractivity contribution is -0.113. The Morgan fingerprint density at radius 3 is 2.12 bits per heavy atom. The molecule has 0 bridgehead atoms. The highest BCUT2D eigenvalue weighted by Gasteiger charge is 2.16. The molecule has 9 heteroatoms. The first kappa shape index (κ1) is 20.3. The topological polar surface area (TPSA) is 92.3 Å². The molecule has 0 fully saturated rings. The van der Waals surface area contributed by atoms with E-state index in [1.165, 1.54) is 38.0 Å². The lowest BCUT2D eigenvalue weighted by Crippen LogP contribution is -2.22. The van der Waals surface area contributed by atoms with Gasteiger partial charge in [-0.2, -0.15) is 0 Å². The van der Waals surface area contributed by atoms with E-state index in [-0.39, 0.29) is 16.6 Å². The zero-order valence-electron chi connectivity index (χ0n) is 15.4. The molecule has 0 saturated heterocycles. The number of anilines is 1. The largest absolute Gasteiger partial charge is 0.325 e. The molecule has 1 N–H and O–H groups in total. The van der Waals surface area contributed by atoms with Crippen LogP contribution in [0.3, 0.4) is 0 Å². The smallest absolute Gasteiger partial charge is 0.242 e. The van der Waals surface area contributed by atoms with E-state index < -0.39 is 10.0 Å². The number of thioether (sulfide) groups is 1. The van der Waals surface area contributed by atoms with Crippen molar-refractivity contribution in [1.29, 1.82) is 0 Å². The van der Waals surface area contributed by atoms with Crippen LogP contribution in [-0.4, -0.2) is 48.4 Å². The summed E-state index contributed by atoms with van der Waals surface area (Å²) >= 11 is 1.26. The molecular formula is C17H22N4O3S2. The minimum Gasteiger partial charge on any atom is -0.325 e. The third kappa shape index (κ3) is 4.80. The number of nitrogens with zero attached hydrogens (tertiary/aromatic N) is 3. The van der Waals surface area contributed by atoms with Crippen molar-refractivity contribution < 1.29 is 13.2 Å². The van der Waals surface area contributed by atoms with Crippen molar-refractivity contribution in [2.24, 2.45) is 0 Å². The first-order chi connectivity index (χ1) is 12.1. The van der Waals surface area contributed by atoms with Crippen molar-refractivity contribution in [1.82, 2.24) is 14.3 Å². The number of hydrogen-bond acceptors (Lipinski definition) is 6. The Morgan fingerprint density at radius 2 is 1.62 bits per heavy atom. The molecule has 1 amide bonds. The summed E-state index contributed by atoms with van der Waals surface area (Å²) in [7, 11) is -0.538. The normalized spacial score (nSPS) is 11.6. The quantitative estimate of drug-likeness (QED) is 0.597. The summed E-state index contributed by atoms with van der Waals surface area (Å²) in [5.74, 6) is -0.0441. The molecule has 0 spiro atoms. The molecule has 0 aliphatic heterocycles. The van der Waals surface area contributed by atoms with Crippen LogP contribution in [0.1, 0.15) is 17.0 Å². The van der Waals surface area contributed by atoms with Gasteiger partial charge in [0.15, 0.2) is 5.16 Å². The number of carbonyl (C=O) groups is 1. The summed E-state index contributed by atoms with van der Waals surface area (Å²) < 4.78 is 25.2. The van der Waals surface area contributed by atoms with Crippen molar-refractivity contribution in [2.75, 3.05) is 25.2 Å². The minimum atomic E-state index is -3.48. The Bertz CT molecular complexity index is 887. The van der Waals surface area contributed by atoms with Crippen molar-refractivity contribution in [3.8, 4) is 0 Å². The lowest BCUT2D eigenvalue weighted by atomic mass is 10.2. The molecule has 26 heavy (non-hydrogen) atoms. The predicted octanol–water partition coefficient (Wildman–Crippen LogP) is 2.38. The maximum absolute atomic E-state index is 12.1. The molecule has 0 aliphatic carbocycles.